The zero-order valence-corrected chi connectivity index (χ0v) is 12.0. The van der Waals surface area contributed by atoms with Crippen molar-refractivity contribution in [1.82, 2.24) is 5.32 Å². The van der Waals surface area contributed by atoms with Gasteiger partial charge >= 0.3 is 0 Å². The average Bonchev–Trinajstić information content (AvgIpc) is 2.44. The number of hydrogen-bond donors (Lipinski definition) is 2. The lowest BCUT2D eigenvalue weighted by Crippen LogP contribution is -2.34. The molecule has 1 aromatic rings. The minimum absolute atomic E-state index is 0.0536. The summed E-state index contributed by atoms with van der Waals surface area (Å²) in [6.07, 6.45) is 2.71. The fourth-order valence-electron chi connectivity index (χ4n) is 1.92. The third-order valence-electron chi connectivity index (χ3n) is 3.01. The Morgan fingerprint density at radius 2 is 2.20 bits per heavy atom. The molecule has 1 amide bonds. The summed E-state index contributed by atoms with van der Waals surface area (Å²) in [6.45, 7) is 4.28. The second-order valence-corrected chi connectivity index (χ2v) is 4.57. The van der Waals surface area contributed by atoms with Gasteiger partial charge in [-0.25, -0.2) is 4.39 Å². The Bertz CT molecular complexity index is 517. The normalized spacial score (nSPS) is 11.4. The lowest BCUT2D eigenvalue weighted by molar-refractivity contribution is 0.0929. The number of carbonyl (C=O) groups is 1. The predicted molar refractivity (Wildman–Crippen MR) is 78.8 cm³/mol. The number of nitrogens with one attached hydrogen (secondary N) is 1. The highest BCUT2D eigenvalue weighted by Gasteiger charge is 2.15. The van der Waals surface area contributed by atoms with E-state index in [4.69, 9.17) is 5.73 Å². The summed E-state index contributed by atoms with van der Waals surface area (Å²) < 4.78 is 13.9. The molecule has 1 rings (SSSR count). The van der Waals surface area contributed by atoms with Crippen LogP contribution in [0.5, 0.6) is 0 Å². The fourth-order valence-corrected chi connectivity index (χ4v) is 1.92. The van der Waals surface area contributed by atoms with Crippen molar-refractivity contribution in [2.45, 2.75) is 39.2 Å². The number of nitrogens with two attached hydrogens (primary N) is 1. The molecule has 0 fully saturated rings. The first-order valence-electron chi connectivity index (χ1n) is 6.91. The van der Waals surface area contributed by atoms with Gasteiger partial charge in [0.15, 0.2) is 0 Å². The molecular formula is C16H21FN2O. The van der Waals surface area contributed by atoms with Crippen LogP contribution in [0.15, 0.2) is 18.2 Å². The summed E-state index contributed by atoms with van der Waals surface area (Å²) in [6, 6.07) is 4.44. The minimum Gasteiger partial charge on any atom is -0.349 e. The maximum Gasteiger partial charge on any atom is 0.254 e. The maximum atomic E-state index is 13.9. The van der Waals surface area contributed by atoms with Gasteiger partial charge in [0, 0.05) is 11.6 Å². The van der Waals surface area contributed by atoms with Crippen molar-refractivity contribution in [3.63, 3.8) is 0 Å². The van der Waals surface area contributed by atoms with Gasteiger partial charge in [0.2, 0.25) is 0 Å². The fraction of sp³-hybridized carbons (Fsp3) is 0.438. The number of carbonyl (C=O) groups excluding carboxylic acids is 1. The van der Waals surface area contributed by atoms with Crippen LogP contribution in [0.4, 0.5) is 4.39 Å². The molecule has 0 aliphatic heterocycles. The monoisotopic (exact) mass is 276 g/mol. The van der Waals surface area contributed by atoms with Crippen LogP contribution in [-0.4, -0.2) is 18.5 Å². The van der Waals surface area contributed by atoms with Crippen molar-refractivity contribution in [3.8, 4) is 11.8 Å². The van der Waals surface area contributed by atoms with Gasteiger partial charge in [-0.3, -0.25) is 4.79 Å². The Morgan fingerprint density at radius 3 is 2.75 bits per heavy atom. The van der Waals surface area contributed by atoms with Gasteiger partial charge in [-0.15, -0.1) is 0 Å². The second-order valence-electron chi connectivity index (χ2n) is 4.57. The number of benzene rings is 1. The molecule has 0 bridgehead atoms. The Balaban J connectivity index is 2.83. The molecule has 20 heavy (non-hydrogen) atoms. The van der Waals surface area contributed by atoms with E-state index in [0.717, 1.165) is 19.3 Å². The van der Waals surface area contributed by atoms with E-state index in [1.54, 1.807) is 6.07 Å². The standard InChI is InChI=1S/C16H21FN2O/c1-3-6-13(4-2)19-16(20)14-9-8-12(7-5-10-18)11-15(14)17/h8-9,11,13H,3-4,6,10,18H2,1-2H3,(H,19,20). The summed E-state index contributed by atoms with van der Waals surface area (Å²) >= 11 is 0. The van der Waals surface area contributed by atoms with Gasteiger partial charge < -0.3 is 11.1 Å². The van der Waals surface area contributed by atoms with Crippen LogP contribution in [0, 0.1) is 17.7 Å². The topological polar surface area (TPSA) is 55.1 Å². The van der Waals surface area contributed by atoms with Gasteiger partial charge in [0.05, 0.1) is 12.1 Å². The highest BCUT2D eigenvalue weighted by atomic mass is 19.1. The first kappa shape index (κ1) is 16.2. The molecule has 1 unspecified atom stereocenters. The Labute approximate surface area is 119 Å². The van der Waals surface area contributed by atoms with Crippen LogP contribution in [0.2, 0.25) is 0 Å². The average molecular weight is 276 g/mol. The summed E-state index contributed by atoms with van der Waals surface area (Å²) in [5.41, 5.74) is 5.83. The Hall–Kier alpha value is -1.86. The lowest BCUT2D eigenvalue weighted by Gasteiger charge is -2.16. The van der Waals surface area contributed by atoms with E-state index in [1.807, 2.05) is 6.92 Å². The molecule has 0 aromatic heterocycles. The Morgan fingerprint density at radius 1 is 1.45 bits per heavy atom. The van der Waals surface area contributed by atoms with E-state index in [-0.39, 0.29) is 24.1 Å². The summed E-state index contributed by atoms with van der Waals surface area (Å²) in [4.78, 5) is 12.0. The molecular weight excluding hydrogens is 255 g/mol. The zero-order chi connectivity index (χ0) is 15.0. The van der Waals surface area contributed by atoms with E-state index in [1.165, 1.54) is 12.1 Å². The van der Waals surface area contributed by atoms with Gasteiger partial charge in [-0.2, -0.15) is 0 Å². The highest BCUT2D eigenvalue weighted by molar-refractivity contribution is 5.94. The zero-order valence-electron chi connectivity index (χ0n) is 12.0. The molecule has 0 saturated carbocycles. The van der Waals surface area contributed by atoms with Gasteiger partial charge in [0.25, 0.3) is 5.91 Å². The van der Waals surface area contributed by atoms with Crippen LogP contribution in [-0.2, 0) is 0 Å². The highest BCUT2D eigenvalue weighted by Crippen LogP contribution is 2.11. The van der Waals surface area contributed by atoms with Crippen LogP contribution in [0.25, 0.3) is 0 Å². The number of halogens is 1. The van der Waals surface area contributed by atoms with E-state index in [0.29, 0.717) is 5.56 Å². The van der Waals surface area contributed by atoms with Crippen molar-refractivity contribution in [2.75, 3.05) is 6.54 Å². The van der Waals surface area contributed by atoms with Crippen LogP contribution >= 0.6 is 0 Å². The largest absolute Gasteiger partial charge is 0.349 e. The molecule has 4 heteroatoms. The van der Waals surface area contributed by atoms with Crippen molar-refractivity contribution >= 4 is 5.91 Å². The molecule has 1 aromatic carbocycles. The third kappa shape index (κ3) is 4.67. The number of rotatable bonds is 5. The summed E-state index contributed by atoms with van der Waals surface area (Å²) in [5, 5.41) is 2.85. The van der Waals surface area contributed by atoms with E-state index in [9.17, 15) is 9.18 Å². The van der Waals surface area contributed by atoms with Gasteiger partial charge in [-0.05, 0) is 31.0 Å². The quantitative estimate of drug-likeness (QED) is 0.812. The van der Waals surface area contributed by atoms with Gasteiger partial charge in [-0.1, -0.05) is 32.1 Å². The molecule has 1 atom stereocenters. The SMILES string of the molecule is CCCC(CC)NC(=O)c1ccc(C#CCN)cc1F. The minimum atomic E-state index is -0.558. The molecule has 0 radical (unpaired) electrons. The van der Waals surface area contributed by atoms with E-state index < -0.39 is 5.82 Å². The molecule has 0 heterocycles. The number of hydrogen-bond acceptors (Lipinski definition) is 2. The molecule has 108 valence electrons. The molecule has 0 aliphatic carbocycles. The van der Waals surface area contributed by atoms with Crippen LogP contribution in [0.3, 0.4) is 0 Å². The second kappa shape index (κ2) is 8.34. The van der Waals surface area contributed by atoms with Crippen molar-refractivity contribution in [3.05, 3.63) is 35.1 Å². The first-order chi connectivity index (χ1) is 9.62. The molecule has 0 aliphatic rings. The molecule has 3 N–H and O–H groups in total. The van der Waals surface area contributed by atoms with Crippen molar-refractivity contribution in [1.29, 1.82) is 0 Å². The summed E-state index contributed by atoms with van der Waals surface area (Å²) in [5.74, 6) is 4.45. The van der Waals surface area contributed by atoms with E-state index in [2.05, 4.69) is 24.1 Å². The number of amides is 1. The molecule has 0 saturated heterocycles. The summed E-state index contributed by atoms with van der Waals surface area (Å²) in [7, 11) is 0. The maximum absolute atomic E-state index is 13.9. The lowest BCUT2D eigenvalue weighted by atomic mass is 10.1. The van der Waals surface area contributed by atoms with Crippen molar-refractivity contribution < 1.29 is 9.18 Å². The predicted octanol–water partition coefficient (Wildman–Crippen LogP) is 2.44. The van der Waals surface area contributed by atoms with Gasteiger partial charge in [0.1, 0.15) is 5.82 Å². The van der Waals surface area contributed by atoms with Crippen LogP contribution < -0.4 is 11.1 Å². The third-order valence-corrected chi connectivity index (χ3v) is 3.01. The first-order valence-corrected chi connectivity index (χ1v) is 6.91. The smallest absolute Gasteiger partial charge is 0.254 e. The van der Waals surface area contributed by atoms with Crippen LogP contribution in [0.1, 0.15) is 49.0 Å². The van der Waals surface area contributed by atoms with E-state index >= 15 is 0 Å². The Kier molecular flexibility index (Phi) is 6.75. The molecule has 0 spiro atoms. The molecule has 3 nitrogen and oxygen atoms in total. The van der Waals surface area contributed by atoms with Crippen molar-refractivity contribution in [2.24, 2.45) is 5.73 Å².